The van der Waals surface area contributed by atoms with Gasteiger partial charge in [0, 0.05) is 32.0 Å². The molecule has 3 aromatic carbocycles. The molecular formula is C25H24BrClN2O3. The molecule has 0 bridgehead atoms. The van der Waals surface area contributed by atoms with Crippen molar-refractivity contribution in [3.63, 3.8) is 0 Å². The average Bonchev–Trinajstić information content (AvgIpc) is 2.72. The maximum Gasteiger partial charge on any atom is 0.262 e. The van der Waals surface area contributed by atoms with Gasteiger partial charge >= 0.3 is 0 Å². The number of benzene rings is 3. The zero-order valence-electron chi connectivity index (χ0n) is 18.0. The van der Waals surface area contributed by atoms with E-state index in [1.165, 1.54) is 0 Å². The number of hydrogen-bond acceptors (Lipinski definition) is 3. The Morgan fingerprint density at radius 2 is 1.62 bits per heavy atom. The van der Waals surface area contributed by atoms with Gasteiger partial charge < -0.3 is 15.4 Å². The minimum absolute atomic E-state index is 0.139. The molecule has 0 heterocycles. The zero-order valence-corrected chi connectivity index (χ0v) is 20.4. The number of carbonyl (C=O) groups excluding carboxylic acids is 2. The molecule has 2 N–H and O–H groups in total. The molecule has 0 atom stereocenters. The summed E-state index contributed by atoms with van der Waals surface area (Å²) in [5.41, 5.74) is 2.37. The lowest BCUT2D eigenvalue weighted by Gasteiger charge is -2.23. The fraction of sp³-hybridized carbons (Fsp3) is 0.200. The predicted octanol–water partition coefficient (Wildman–Crippen LogP) is 6.67. The lowest BCUT2D eigenvalue weighted by Crippen LogP contribution is -2.22. The molecule has 32 heavy (non-hydrogen) atoms. The average molecular weight is 516 g/mol. The summed E-state index contributed by atoms with van der Waals surface area (Å²) < 4.78 is 6.75. The molecule has 7 heteroatoms. The van der Waals surface area contributed by atoms with Crippen molar-refractivity contribution in [3.8, 4) is 5.75 Å². The summed E-state index contributed by atoms with van der Waals surface area (Å²) in [6, 6.07) is 19.3. The summed E-state index contributed by atoms with van der Waals surface area (Å²) in [4.78, 5) is 25.0. The van der Waals surface area contributed by atoms with E-state index >= 15 is 0 Å². The number of rotatable bonds is 6. The zero-order chi connectivity index (χ0) is 23.3. The van der Waals surface area contributed by atoms with Crippen LogP contribution in [0.4, 0.5) is 11.4 Å². The minimum Gasteiger partial charge on any atom is -0.483 e. The number of halogens is 2. The molecule has 0 aliphatic heterocycles. The van der Waals surface area contributed by atoms with Crippen molar-refractivity contribution in [1.29, 1.82) is 0 Å². The van der Waals surface area contributed by atoms with E-state index in [9.17, 15) is 9.59 Å². The SMILES string of the molecule is CC(C)(C)c1cc(Br)ccc1OCC(=O)Nc1cccc(C(=O)Nc2cccc(Cl)c2)c1. The highest BCUT2D eigenvalue weighted by Crippen LogP contribution is 2.33. The van der Waals surface area contributed by atoms with E-state index in [4.69, 9.17) is 16.3 Å². The van der Waals surface area contributed by atoms with Crippen molar-refractivity contribution in [2.24, 2.45) is 0 Å². The number of ether oxygens (including phenoxy) is 1. The Bertz CT molecular complexity index is 1140. The lowest BCUT2D eigenvalue weighted by molar-refractivity contribution is -0.118. The van der Waals surface area contributed by atoms with Crippen molar-refractivity contribution in [3.05, 3.63) is 87.4 Å². The molecule has 3 rings (SSSR count). The highest BCUT2D eigenvalue weighted by Gasteiger charge is 2.20. The van der Waals surface area contributed by atoms with E-state index < -0.39 is 0 Å². The Balaban J connectivity index is 1.63. The first-order chi connectivity index (χ1) is 15.1. The highest BCUT2D eigenvalue weighted by atomic mass is 79.9. The van der Waals surface area contributed by atoms with Crippen molar-refractivity contribution < 1.29 is 14.3 Å². The van der Waals surface area contributed by atoms with Gasteiger partial charge in [0.25, 0.3) is 11.8 Å². The third-order valence-electron chi connectivity index (χ3n) is 4.60. The van der Waals surface area contributed by atoms with Gasteiger partial charge in [-0.25, -0.2) is 0 Å². The van der Waals surface area contributed by atoms with Crippen LogP contribution in [-0.2, 0) is 10.2 Å². The molecule has 0 spiro atoms. The van der Waals surface area contributed by atoms with Crippen LogP contribution < -0.4 is 15.4 Å². The van der Waals surface area contributed by atoms with Crippen LogP contribution in [0.5, 0.6) is 5.75 Å². The predicted molar refractivity (Wildman–Crippen MR) is 133 cm³/mol. The Morgan fingerprint density at radius 3 is 2.31 bits per heavy atom. The normalized spacial score (nSPS) is 11.0. The first kappa shape index (κ1) is 23.8. The molecular weight excluding hydrogens is 492 g/mol. The van der Waals surface area contributed by atoms with Crippen LogP contribution in [-0.4, -0.2) is 18.4 Å². The first-order valence-corrected chi connectivity index (χ1v) is 11.2. The third-order valence-corrected chi connectivity index (χ3v) is 5.33. The van der Waals surface area contributed by atoms with Gasteiger partial charge in [-0.05, 0) is 60.0 Å². The Morgan fingerprint density at radius 1 is 0.938 bits per heavy atom. The number of hydrogen-bond donors (Lipinski definition) is 2. The third kappa shape index (κ3) is 6.58. The molecule has 3 aromatic rings. The summed E-state index contributed by atoms with van der Waals surface area (Å²) in [6.45, 7) is 6.11. The van der Waals surface area contributed by atoms with Gasteiger partial charge in [-0.1, -0.05) is 60.4 Å². The van der Waals surface area contributed by atoms with Crippen LogP contribution >= 0.6 is 27.5 Å². The van der Waals surface area contributed by atoms with E-state index in [-0.39, 0.29) is 23.8 Å². The Labute approximate surface area is 201 Å². The van der Waals surface area contributed by atoms with Gasteiger partial charge in [0.1, 0.15) is 5.75 Å². The van der Waals surface area contributed by atoms with Crippen LogP contribution in [0.3, 0.4) is 0 Å². The maximum atomic E-state index is 12.5. The number of nitrogens with one attached hydrogen (secondary N) is 2. The number of carbonyl (C=O) groups is 2. The highest BCUT2D eigenvalue weighted by molar-refractivity contribution is 9.10. The molecule has 0 aliphatic carbocycles. The van der Waals surface area contributed by atoms with Crippen LogP contribution in [0.2, 0.25) is 5.02 Å². The Hall–Kier alpha value is -2.83. The number of amides is 2. The topological polar surface area (TPSA) is 67.4 Å². The lowest BCUT2D eigenvalue weighted by atomic mass is 9.86. The van der Waals surface area contributed by atoms with E-state index in [0.717, 1.165) is 10.0 Å². The molecule has 0 unspecified atom stereocenters. The van der Waals surface area contributed by atoms with Crippen molar-refractivity contribution >= 4 is 50.7 Å². The van der Waals surface area contributed by atoms with E-state index in [1.807, 2.05) is 18.2 Å². The molecule has 0 saturated heterocycles. The fourth-order valence-corrected chi connectivity index (χ4v) is 3.61. The van der Waals surface area contributed by atoms with Crippen molar-refractivity contribution in [2.45, 2.75) is 26.2 Å². The summed E-state index contributed by atoms with van der Waals surface area (Å²) in [5.74, 6) is 0.0370. The van der Waals surface area contributed by atoms with E-state index in [1.54, 1.807) is 48.5 Å². The second-order valence-corrected chi connectivity index (χ2v) is 9.62. The van der Waals surface area contributed by atoms with Gasteiger partial charge in [0.2, 0.25) is 0 Å². The van der Waals surface area contributed by atoms with E-state index in [2.05, 4.69) is 47.3 Å². The summed E-state index contributed by atoms with van der Waals surface area (Å²) in [6.07, 6.45) is 0. The van der Waals surface area contributed by atoms with Gasteiger partial charge in [0.05, 0.1) is 0 Å². The van der Waals surface area contributed by atoms with Gasteiger partial charge in [0.15, 0.2) is 6.61 Å². The van der Waals surface area contributed by atoms with Crippen molar-refractivity contribution in [1.82, 2.24) is 0 Å². The summed E-state index contributed by atoms with van der Waals surface area (Å²) in [5, 5.41) is 6.09. The second-order valence-electron chi connectivity index (χ2n) is 8.27. The Kier molecular flexibility index (Phi) is 7.59. The molecule has 5 nitrogen and oxygen atoms in total. The van der Waals surface area contributed by atoms with Crippen LogP contribution in [0.15, 0.2) is 71.2 Å². The molecule has 0 saturated carbocycles. The maximum absolute atomic E-state index is 12.5. The summed E-state index contributed by atoms with van der Waals surface area (Å²) >= 11 is 9.44. The number of anilines is 2. The molecule has 0 fully saturated rings. The molecule has 0 aromatic heterocycles. The smallest absolute Gasteiger partial charge is 0.262 e. The molecule has 0 aliphatic rings. The quantitative estimate of drug-likeness (QED) is 0.385. The van der Waals surface area contributed by atoms with Gasteiger partial charge in [-0.15, -0.1) is 0 Å². The monoisotopic (exact) mass is 514 g/mol. The van der Waals surface area contributed by atoms with Crippen LogP contribution in [0.1, 0.15) is 36.7 Å². The molecule has 2 amide bonds. The van der Waals surface area contributed by atoms with Crippen molar-refractivity contribution in [2.75, 3.05) is 17.2 Å². The van der Waals surface area contributed by atoms with Crippen LogP contribution in [0, 0.1) is 0 Å². The van der Waals surface area contributed by atoms with Crippen LogP contribution in [0.25, 0.3) is 0 Å². The van der Waals surface area contributed by atoms with Gasteiger partial charge in [-0.2, -0.15) is 0 Å². The molecule has 166 valence electrons. The van der Waals surface area contributed by atoms with E-state index in [0.29, 0.717) is 27.7 Å². The van der Waals surface area contributed by atoms with Gasteiger partial charge in [-0.3, -0.25) is 9.59 Å². The standard InChI is InChI=1S/C25H24BrClN2O3/c1-25(2,3)21-13-17(26)10-11-22(21)32-15-23(30)28-19-8-4-6-16(12-19)24(31)29-20-9-5-7-18(27)14-20/h4-14H,15H2,1-3H3,(H,28,30)(H,29,31). The minimum atomic E-state index is -0.319. The first-order valence-electron chi connectivity index (χ1n) is 10.0. The molecule has 0 radical (unpaired) electrons. The fourth-order valence-electron chi connectivity index (χ4n) is 3.06. The second kappa shape index (κ2) is 10.2. The summed E-state index contributed by atoms with van der Waals surface area (Å²) in [7, 11) is 0. The largest absolute Gasteiger partial charge is 0.483 e.